The zero-order valence-electron chi connectivity index (χ0n) is 7.55. The van der Waals surface area contributed by atoms with E-state index in [0.717, 1.165) is 13.0 Å². The van der Waals surface area contributed by atoms with Crippen LogP contribution in [-0.2, 0) is 0 Å². The zero-order valence-corrected chi connectivity index (χ0v) is 7.55. The Labute approximate surface area is 69.9 Å². The molecule has 0 unspecified atom stereocenters. The highest BCUT2D eigenvalue weighted by molar-refractivity contribution is 5.56. The Hall–Kier alpha value is -0.370. The van der Waals surface area contributed by atoms with Gasteiger partial charge in [-0.25, -0.2) is 0 Å². The monoisotopic (exact) mass is 156 g/mol. The van der Waals surface area contributed by atoms with Gasteiger partial charge in [0.25, 0.3) is 0 Å². The van der Waals surface area contributed by atoms with Crippen molar-refractivity contribution in [2.24, 2.45) is 10.7 Å². The van der Waals surface area contributed by atoms with Crippen LogP contribution in [0, 0.1) is 0 Å². The van der Waals surface area contributed by atoms with Crippen molar-refractivity contribution in [2.75, 3.05) is 13.1 Å². The van der Waals surface area contributed by atoms with Crippen LogP contribution < -0.4 is 5.73 Å². The number of aliphatic imine (C=N–C) groups is 1. The molecule has 0 saturated heterocycles. The van der Waals surface area contributed by atoms with Crippen molar-refractivity contribution in [1.29, 1.82) is 0 Å². The first-order valence-electron chi connectivity index (χ1n) is 4.60. The van der Waals surface area contributed by atoms with E-state index < -0.39 is 0 Å². The van der Waals surface area contributed by atoms with Crippen LogP contribution in [0.25, 0.3) is 0 Å². The van der Waals surface area contributed by atoms with Gasteiger partial charge in [0.05, 0.1) is 6.54 Å². The van der Waals surface area contributed by atoms with E-state index in [-0.39, 0.29) is 0 Å². The maximum atomic E-state index is 5.28. The van der Waals surface area contributed by atoms with Crippen molar-refractivity contribution in [1.82, 2.24) is 0 Å². The summed E-state index contributed by atoms with van der Waals surface area (Å²) in [7, 11) is 0. The molecule has 66 valence electrons. The molecule has 11 heavy (non-hydrogen) atoms. The Balaban J connectivity index is 2.89. The summed E-state index contributed by atoms with van der Waals surface area (Å²) in [6.07, 6.45) is 8.40. The van der Waals surface area contributed by atoms with Crippen LogP contribution in [0.2, 0.25) is 0 Å². The minimum Gasteiger partial charge on any atom is -0.329 e. The lowest BCUT2D eigenvalue weighted by atomic mass is 10.2. The van der Waals surface area contributed by atoms with Crippen LogP contribution in [0.1, 0.15) is 39.0 Å². The Kier molecular flexibility index (Phi) is 9.31. The molecule has 0 atom stereocenters. The smallest absolute Gasteiger partial charge is 0.0508 e. The summed E-state index contributed by atoms with van der Waals surface area (Å²) in [5.74, 6) is 0. The van der Waals surface area contributed by atoms with E-state index in [2.05, 4.69) is 11.9 Å². The van der Waals surface area contributed by atoms with Gasteiger partial charge in [0.2, 0.25) is 0 Å². The predicted octanol–water partition coefficient (Wildman–Crippen LogP) is 1.99. The standard InChI is InChI=1S/C9H20N2/c1-2-3-4-5-6-8-11-9-7-10/h8H,2-7,9-10H2,1H3. The molecule has 2 heteroatoms. The maximum absolute atomic E-state index is 5.28. The molecule has 0 aliphatic heterocycles. The molecule has 0 aliphatic carbocycles. The second-order valence-electron chi connectivity index (χ2n) is 2.73. The van der Waals surface area contributed by atoms with Crippen molar-refractivity contribution in [3.8, 4) is 0 Å². The summed E-state index contributed by atoms with van der Waals surface area (Å²) in [4.78, 5) is 4.14. The molecule has 0 rings (SSSR count). The molecule has 0 aromatic rings. The fraction of sp³-hybridized carbons (Fsp3) is 0.889. The van der Waals surface area contributed by atoms with E-state index in [1.807, 2.05) is 6.21 Å². The van der Waals surface area contributed by atoms with Crippen LogP contribution in [0.4, 0.5) is 0 Å². The normalized spacial score (nSPS) is 11.1. The van der Waals surface area contributed by atoms with Crippen LogP contribution in [-0.4, -0.2) is 19.3 Å². The summed E-state index contributed by atoms with van der Waals surface area (Å²) >= 11 is 0. The lowest BCUT2D eigenvalue weighted by molar-refractivity contribution is 0.685. The number of hydrogen-bond donors (Lipinski definition) is 1. The van der Waals surface area contributed by atoms with E-state index in [0.29, 0.717) is 6.54 Å². The Morgan fingerprint density at radius 1 is 1.27 bits per heavy atom. The number of unbranched alkanes of at least 4 members (excludes halogenated alkanes) is 4. The average Bonchev–Trinajstić information content (AvgIpc) is 2.03. The molecule has 2 nitrogen and oxygen atoms in total. The van der Waals surface area contributed by atoms with Crippen molar-refractivity contribution < 1.29 is 0 Å². The van der Waals surface area contributed by atoms with Gasteiger partial charge in [-0.3, -0.25) is 4.99 Å². The quantitative estimate of drug-likeness (QED) is 0.444. The Morgan fingerprint density at radius 3 is 2.73 bits per heavy atom. The van der Waals surface area contributed by atoms with Gasteiger partial charge in [0, 0.05) is 6.54 Å². The first-order valence-corrected chi connectivity index (χ1v) is 4.60. The summed E-state index contributed by atoms with van der Waals surface area (Å²) in [5, 5.41) is 0. The molecule has 0 aromatic carbocycles. The first-order chi connectivity index (χ1) is 5.41. The van der Waals surface area contributed by atoms with Crippen molar-refractivity contribution in [3.05, 3.63) is 0 Å². The molecule has 0 aliphatic rings. The summed E-state index contributed by atoms with van der Waals surface area (Å²) < 4.78 is 0. The van der Waals surface area contributed by atoms with E-state index >= 15 is 0 Å². The zero-order chi connectivity index (χ0) is 8.36. The fourth-order valence-electron chi connectivity index (χ4n) is 0.920. The van der Waals surface area contributed by atoms with Crippen LogP contribution in [0.15, 0.2) is 4.99 Å². The van der Waals surface area contributed by atoms with Gasteiger partial charge in [-0.15, -0.1) is 0 Å². The van der Waals surface area contributed by atoms with Gasteiger partial charge in [0.1, 0.15) is 0 Å². The largest absolute Gasteiger partial charge is 0.329 e. The fourth-order valence-corrected chi connectivity index (χ4v) is 0.920. The second kappa shape index (κ2) is 9.63. The van der Waals surface area contributed by atoms with E-state index in [9.17, 15) is 0 Å². The summed E-state index contributed by atoms with van der Waals surface area (Å²) in [6, 6.07) is 0. The molecule has 0 saturated carbocycles. The third kappa shape index (κ3) is 9.63. The summed E-state index contributed by atoms with van der Waals surface area (Å²) in [6.45, 7) is 3.68. The highest BCUT2D eigenvalue weighted by atomic mass is 14.7. The summed E-state index contributed by atoms with van der Waals surface area (Å²) in [5.41, 5.74) is 5.28. The molecule has 0 bridgehead atoms. The molecule has 2 N–H and O–H groups in total. The van der Waals surface area contributed by atoms with Gasteiger partial charge in [-0.05, 0) is 19.1 Å². The van der Waals surface area contributed by atoms with Gasteiger partial charge in [0.15, 0.2) is 0 Å². The lowest BCUT2D eigenvalue weighted by Crippen LogP contribution is -2.02. The lowest BCUT2D eigenvalue weighted by Gasteiger charge is -1.93. The van der Waals surface area contributed by atoms with Crippen molar-refractivity contribution in [3.63, 3.8) is 0 Å². The van der Waals surface area contributed by atoms with Crippen LogP contribution in [0.3, 0.4) is 0 Å². The topological polar surface area (TPSA) is 38.4 Å². The third-order valence-corrected chi connectivity index (χ3v) is 1.57. The number of rotatable bonds is 7. The number of nitrogens with zero attached hydrogens (tertiary/aromatic N) is 1. The minimum absolute atomic E-state index is 0.672. The Morgan fingerprint density at radius 2 is 2.09 bits per heavy atom. The Bertz CT molecular complexity index is 89.6. The SMILES string of the molecule is CCCCCCC=NCCN. The minimum atomic E-state index is 0.672. The highest BCUT2D eigenvalue weighted by Gasteiger charge is 1.83. The predicted molar refractivity (Wildman–Crippen MR) is 51.2 cm³/mol. The molecule has 0 radical (unpaired) electrons. The van der Waals surface area contributed by atoms with Crippen molar-refractivity contribution >= 4 is 6.21 Å². The number of nitrogens with two attached hydrogens (primary N) is 1. The molecular weight excluding hydrogens is 136 g/mol. The van der Waals surface area contributed by atoms with E-state index in [4.69, 9.17) is 5.73 Å². The number of hydrogen-bond acceptors (Lipinski definition) is 2. The molecule has 0 spiro atoms. The van der Waals surface area contributed by atoms with Gasteiger partial charge in [-0.2, -0.15) is 0 Å². The van der Waals surface area contributed by atoms with E-state index in [1.54, 1.807) is 0 Å². The van der Waals surface area contributed by atoms with Gasteiger partial charge >= 0.3 is 0 Å². The van der Waals surface area contributed by atoms with Gasteiger partial charge in [-0.1, -0.05) is 26.2 Å². The van der Waals surface area contributed by atoms with Crippen LogP contribution >= 0.6 is 0 Å². The maximum Gasteiger partial charge on any atom is 0.0508 e. The first kappa shape index (κ1) is 10.6. The van der Waals surface area contributed by atoms with Crippen molar-refractivity contribution in [2.45, 2.75) is 39.0 Å². The third-order valence-electron chi connectivity index (χ3n) is 1.57. The van der Waals surface area contributed by atoms with Gasteiger partial charge < -0.3 is 5.73 Å². The second-order valence-corrected chi connectivity index (χ2v) is 2.73. The highest BCUT2D eigenvalue weighted by Crippen LogP contribution is 2.00. The molecular formula is C9H20N2. The average molecular weight is 156 g/mol. The molecule has 0 amide bonds. The van der Waals surface area contributed by atoms with Crippen LogP contribution in [0.5, 0.6) is 0 Å². The molecule has 0 heterocycles. The molecule has 0 fully saturated rings. The van der Waals surface area contributed by atoms with E-state index in [1.165, 1.54) is 25.7 Å². The molecule has 0 aromatic heterocycles.